The lowest BCUT2D eigenvalue weighted by Gasteiger charge is -2.35. The summed E-state index contributed by atoms with van der Waals surface area (Å²) in [5.74, 6) is 0.750. The Kier molecular flexibility index (Phi) is 3.60. The summed E-state index contributed by atoms with van der Waals surface area (Å²) in [6.07, 6.45) is 6.89. The van der Waals surface area contributed by atoms with Crippen LogP contribution in [0.1, 0.15) is 16.1 Å². The van der Waals surface area contributed by atoms with Crippen molar-refractivity contribution < 1.29 is 9.21 Å². The summed E-state index contributed by atoms with van der Waals surface area (Å²) in [7, 11) is 0. The molecule has 3 rings (SSSR count). The zero-order chi connectivity index (χ0) is 14.7. The number of carbonyl (C=O) groups excluding carboxylic acids is 1. The molecule has 21 heavy (non-hydrogen) atoms. The molecule has 0 bridgehead atoms. The van der Waals surface area contributed by atoms with Crippen LogP contribution in [0.3, 0.4) is 0 Å². The molecule has 0 saturated heterocycles. The van der Waals surface area contributed by atoms with Gasteiger partial charge in [-0.3, -0.25) is 4.79 Å². The number of furan rings is 1. The van der Waals surface area contributed by atoms with Crippen LogP contribution in [0.5, 0.6) is 0 Å². The third-order valence-electron chi connectivity index (χ3n) is 3.37. The van der Waals surface area contributed by atoms with E-state index < -0.39 is 0 Å². The maximum Gasteiger partial charge on any atom is 0.258 e. The number of amides is 1. The van der Waals surface area contributed by atoms with Crippen LogP contribution < -0.4 is 5.32 Å². The first kappa shape index (κ1) is 13.2. The average molecular weight is 280 g/mol. The van der Waals surface area contributed by atoms with Crippen LogP contribution in [-0.4, -0.2) is 23.5 Å². The lowest BCUT2D eigenvalue weighted by atomic mass is 10.1. The number of hydrogen-bond acceptors (Lipinski definition) is 3. The van der Waals surface area contributed by atoms with E-state index in [1.807, 2.05) is 48.6 Å². The first-order chi connectivity index (χ1) is 10.3. The van der Waals surface area contributed by atoms with Crippen molar-refractivity contribution in [3.05, 3.63) is 72.7 Å². The molecule has 4 heteroatoms. The molecular weight excluding hydrogens is 264 g/mol. The zero-order valence-electron chi connectivity index (χ0n) is 11.5. The number of fused-ring (bicyclic) bond motifs is 1. The summed E-state index contributed by atoms with van der Waals surface area (Å²) in [5.41, 5.74) is 1.53. The summed E-state index contributed by atoms with van der Waals surface area (Å²) >= 11 is 0. The first-order valence-electron chi connectivity index (χ1n) is 6.79. The van der Waals surface area contributed by atoms with Gasteiger partial charge in [-0.1, -0.05) is 18.2 Å². The van der Waals surface area contributed by atoms with E-state index in [2.05, 4.69) is 11.9 Å². The molecule has 0 saturated carbocycles. The largest absolute Gasteiger partial charge is 0.465 e. The van der Waals surface area contributed by atoms with E-state index in [-0.39, 0.29) is 12.1 Å². The van der Waals surface area contributed by atoms with Crippen molar-refractivity contribution in [3.63, 3.8) is 0 Å². The molecule has 2 heterocycles. The van der Waals surface area contributed by atoms with Crippen molar-refractivity contribution in [2.24, 2.45) is 0 Å². The van der Waals surface area contributed by atoms with Crippen LogP contribution >= 0.6 is 0 Å². The van der Waals surface area contributed by atoms with Gasteiger partial charge in [-0.25, -0.2) is 0 Å². The third kappa shape index (κ3) is 2.60. The second-order valence-corrected chi connectivity index (χ2v) is 4.76. The van der Waals surface area contributed by atoms with Gasteiger partial charge < -0.3 is 14.6 Å². The molecule has 1 amide bonds. The van der Waals surface area contributed by atoms with Gasteiger partial charge in [0, 0.05) is 12.2 Å². The highest BCUT2D eigenvalue weighted by Gasteiger charge is 2.29. The molecule has 1 aromatic carbocycles. The standard InChI is InChI=1S/C17H16N2O2/c1-2-11-19-16(10-9-13-6-5-12-21-13)18-15-8-4-3-7-14(15)17(19)20/h2-10,12,16,18H,1,11H2/b10-9-/t16-/m0/s1. The number of carbonyl (C=O) groups is 1. The topological polar surface area (TPSA) is 45.5 Å². The van der Waals surface area contributed by atoms with E-state index >= 15 is 0 Å². The molecule has 0 fully saturated rings. The Morgan fingerprint density at radius 2 is 2.14 bits per heavy atom. The van der Waals surface area contributed by atoms with Crippen LogP contribution in [0.4, 0.5) is 5.69 Å². The molecule has 106 valence electrons. The fraction of sp³-hybridized carbons (Fsp3) is 0.118. The van der Waals surface area contributed by atoms with Gasteiger partial charge in [0.15, 0.2) is 0 Å². The van der Waals surface area contributed by atoms with Crippen molar-refractivity contribution in [2.45, 2.75) is 6.17 Å². The Morgan fingerprint density at radius 3 is 2.90 bits per heavy atom. The highest BCUT2D eigenvalue weighted by Crippen LogP contribution is 2.25. The Hall–Kier alpha value is -2.75. The highest BCUT2D eigenvalue weighted by molar-refractivity contribution is 6.02. The average Bonchev–Trinajstić information content (AvgIpc) is 3.02. The van der Waals surface area contributed by atoms with Crippen molar-refractivity contribution in [3.8, 4) is 0 Å². The summed E-state index contributed by atoms with van der Waals surface area (Å²) < 4.78 is 5.28. The minimum absolute atomic E-state index is 0.00153. The van der Waals surface area contributed by atoms with Crippen LogP contribution in [0, 0.1) is 0 Å². The van der Waals surface area contributed by atoms with Crippen molar-refractivity contribution in [1.29, 1.82) is 0 Å². The Labute approximate surface area is 123 Å². The van der Waals surface area contributed by atoms with Gasteiger partial charge in [-0.05, 0) is 36.4 Å². The van der Waals surface area contributed by atoms with Gasteiger partial charge in [-0.2, -0.15) is 0 Å². The molecule has 0 aliphatic carbocycles. The number of hydrogen-bond donors (Lipinski definition) is 1. The van der Waals surface area contributed by atoms with E-state index in [0.29, 0.717) is 12.1 Å². The number of anilines is 1. The van der Waals surface area contributed by atoms with Gasteiger partial charge in [0.2, 0.25) is 0 Å². The molecule has 0 spiro atoms. The summed E-state index contributed by atoms with van der Waals surface area (Å²) in [5, 5.41) is 3.35. The number of nitrogens with one attached hydrogen (secondary N) is 1. The van der Waals surface area contributed by atoms with Crippen LogP contribution in [0.15, 0.2) is 65.8 Å². The normalized spacial score (nSPS) is 17.6. The molecule has 1 aromatic heterocycles. The maximum atomic E-state index is 12.6. The molecular formula is C17H16N2O2. The van der Waals surface area contributed by atoms with E-state index in [0.717, 1.165) is 11.4 Å². The molecule has 2 aromatic rings. The molecule has 4 nitrogen and oxygen atoms in total. The molecule has 0 radical (unpaired) electrons. The Bertz CT molecular complexity index is 674. The molecule has 1 aliphatic rings. The third-order valence-corrected chi connectivity index (χ3v) is 3.37. The van der Waals surface area contributed by atoms with Crippen molar-refractivity contribution >= 4 is 17.7 Å². The number of benzene rings is 1. The maximum absolute atomic E-state index is 12.6. The first-order valence-corrected chi connectivity index (χ1v) is 6.79. The van der Waals surface area contributed by atoms with Crippen LogP contribution in [0.2, 0.25) is 0 Å². The predicted octanol–water partition coefficient (Wildman–Crippen LogP) is 3.37. The zero-order valence-corrected chi connectivity index (χ0v) is 11.5. The molecule has 0 unspecified atom stereocenters. The van der Waals surface area contributed by atoms with E-state index in [9.17, 15) is 4.79 Å². The molecule has 1 atom stereocenters. The fourth-order valence-corrected chi connectivity index (χ4v) is 2.37. The number of nitrogens with zero attached hydrogens (tertiary/aromatic N) is 1. The Morgan fingerprint density at radius 1 is 1.29 bits per heavy atom. The van der Waals surface area contributed by atoms with E-state index in [1.165, 1.54) is 0 Å². The molecule has 1 aliphatic heterocycles. The summed E-state index contributed by atoms with van der Waals surface area (Å²) in [6.45, 7) is 4.20. The SMILES string of the molecule is C=CCN1C(=O)c2ccccc2N[C@@H]1/C=C\c1ccco1. The monoisotopic (exact) mass is 280 g/mol. The minimum Gasteiger partial charge on any atom is -0.465 e. The van der Waals surface area contributed by atoms with Gasteiger partial charge in [0.25, 0.3) is 5.91 Å². The van der Waals surface area contributed by atoms with E-state index in [4.69, 9.17) is 4.42 Å². The van der Waals surface area contributed by atoms with Gasteiger partial charge in [0.1, 0.15) is 11.9 Å². The Balaban J connectivity index is 1.91. The summed E-state index contributed by atoms with van der Waals surface area (Å²) in [4.78, 5) is 14.3. The minimum atomic E-state index is -0.226. The number of para-hydroxylation sites is 1. The lowest BCUT2D eigenvalue weighted by Crippen LogP contribution is -2.47. The smallest absolute Gasteiger partial charge is 0.258 e. The van der Waals surface area contributed by atoms with Crippen LogP contribution in [0.25, 0.3) is 6.08 Å². The highest BCUT2D eigenvalue weighted by atomic mass is 16.3. The van der Waals surface area contributed by atoms with Gasteiger partial charge in [-0.15, -0.1) is 6.58 Å². The fourth-order valence-electron chi connectivity index (χ4n) is 2.37. The lowest BCUT2D eigenvalue weighted by molar-refractivity contribution is 0.0739. The van der Waals surface area contributed by atoms with E-state index in [1.54, 1.807) is 17.2 Å². The van der Waals surface area contributed by atoms with Crippen LogP contribution in [-0.2, 0) is 0 Å². The second-order valence-electron chi connectivity index (χ2n) is 4.76. The predicted molar refractivity (Wildman–Crippen MR) is 82.8 cm³/mol. The second kappa shape index (κ2) is 5.71. The molecule has 1 N–H and O–H groups in total. The quantitative estimate of drug-likeness (QED) is 0.873. The van der Waals surface area contributed by atoms with Gasteiger partial charge >= 0.3 is 0 Å². The number of rotatable bonds is 4. The van der Waals surface area contributed by atoms with Crippen molar-refractivity contribution in [2.75, 3.05) is 11.9 Å². The van der Waals surface area contributed by atoms with Crippen molar-refractivity contribution in [1.82, 2.24) is 4.90 Å². The summed E-state index contributed by atoms with van der Waals surface area (Å²) in [6, 6.07) is 11.2. The van der Waals surface area contributed by atoms with Gasteiger partial charge in [0.05, 0.1) is 11.8 Å².